The molecule has 3 rings (SSSR count). The molecule has 0 aliphatic carbocycles. The Balaban J connectivity index is 1.60. The van der Waals surface area contributed by atoms with Crippen LogP contribution in [0.5, 0.6) is 17.2 Å². The Morgan fingerprint density at radius 1 is 1.17 bits per heavy atom. The van der Waals surface area contributed by atoms with E-state index < -0.39 is 6.04 Å². The fourth-order valence-corrected chi connectivity index (χ4v) is 4.34. The van der Waals surface area contributed by atoms with Gasteiger partial charge in [0.2, 0.25) is 5.12 Å². The van der Waals surface area contributed by atoms with E-state index in [0.717, 1.165) is 39.4 Å². The lowest BCUT2D eigenvalue weighted by Crippen LogP contribution is -2.30. The van der Waals surface area contributed by atoms with Gasteiger partial charge in [0.15, 0.2) is 11.5 Å². The summed E-state index contributed by atoms with van der Waals surface area (Å²) < 4.78 is 3.27. The number of thioether (sulfide) groups is 1. The summed E-state index contributed by atoms with van der Waals surface area (Å²) >= 11 is 2.63. The minimum Gasteiger partial charge on any atom is -0.508 e. The van der Waals surface area contributed by atoms with Crippen molar-refractivity contribution in [3.63, 3.8) is 0 Å². The number of H-pyrrole nitrogens is 1. The van der Waals surface area contributed by atoms with E-state index in [1.165, 1.54) is 18.0 Å². The lowest BCUT2D eigenvalue weighted by atomic mass is 10.0. The van der Waals surface area contributed by atoms with E-state index in [9.17, 15) is 20.1 Å². The number of aromatic amines is 1. The second-order valence-corrected chi connectivity index (χ2v) is 8.61. The molecule has 1 unspecified atom stereocenters. The number of aromatic nitrogens is 1. The number of fused-ring (bicyclic) bond motifs is 1. The smallest absolute Gasteiger partial charge is 0.205 e. The van der Waals surface area contributed by atoms with Crippen LogP contribution in [0.4, 0.5) is 0 Å². The van der Waals surface area contributed by atoms with Crippen molar-refractivity contribution >= 4 is 39.7 Å². The molecule has 0 saturated heterocycles. The van der Waals surface area contributed by atoms with E-state index in [2.05, 4.69) is 9.71 Å². The maximum atomic E-state index is 11.8. The van der Waals surface area contributed by atoms with Crippen LogP contribution in [-0.2, 0) is 23.4 Å². The number of benzene rings is 2. The first kappa shape index (κ1) is 22.4. The Labute approximate surface area is 183 Å². The predicted molar refractivity (Wildman–Crippen MR) is 123 cm³/mol. The van der Waals surface area contributed by atoms with Crippen molar-refractivity contribution in [3.8, 4) is 17.2 Å². The number of nitrogens with two attached hydrogens (primary N) is 1. The Morgan fingerprint density at radius 3 is 2.70 bits per heavy atom. The van der Waals surface area contributed by atoms with Crippen molar-refractivity contribution in [2.24, 2.45) is 5.73 Å². The van der Waals surface area contributed by atoms with Crippen molar-refractivity contribution < 1.29 is 20.1 Å². The number of hydrogen-bond acceptors (Lipinski definition) is 8. The highest BCUT2D eigenvalue weighted by atomic mass is 32.2. The summed E-state index contributed by atoms with van der Waals surface area (Å²) in [6.07, 6.45) is 4.67. The van der Waals surface area contributed by atoms with Crippen molar-refractivity contribution in [1.29, 1.82) is 0 Å². The molecular weight excluding hydrogens is 422 g/mol. The van der Waals surface area contributed by atoms with Crippen molar-refractivity contribution in [3.05, 3.63) is 53.2 Å². The van der Waals surface area contributed by atoms with Crippen LogP contribution in [0, 0.1) is 0 Å². The lowest BCUT2D eigenvalue weighted by molar-refractivity contribution is -0.112. The number of carbonyl (C=O) groups is 1. The molecule has 1 atom stereocenters. The van der Waals surface area contributed by atoms with Gasteiger partial charge in [-0.15, -0.1) is 0 Å². The standard InChI is InChI=1S/C21H25N3O4S2/c1-29-21(28)17(22)8-13-10-23-20-14(7-15(25)9-16(13)20)11-30-24-5-4-12-2-3-18(26)19(27)6-12/h2-3,6-7,9-10,17,23-27H,4-5,8,11,22H2,1H3. The number of phenolic OH excluding ortho intramolecular Hbond substituents is 3. The molecule has 0 aliphatic heterocycles. The summed E-state index contributed by atoms with van der Waals surface area (Å²) in [5, 5.41) is 29.9. The molecule has 1 heterocycles. The molecule has 0 bridgehead atoms. The monoisotopic (exact) mass is 447 g/mol. The highest BCUT2D eigenvalue weighted by Gasteiger charge is 2.17. The molecule has 7 nitrogen and oxygen atoms in total. The summed E-state index contributed by atoms with van der Waals surface area (Å²) in [5.74, 6) is 0.548. The maximum Gasteiger partial charge on any atom is 0.205 e. The topological polar surface area (TPSA) is 132 Å². The minimum absolute atomic E-state index is 0.0635. The average molecular weight is 448 g/mol. The molecule has 2 aromatic carbocycles. The molecule has 0 radical (unpaired) electrons. The average Bonchev–Trinajstić information content (AvgIpc) is 3.12. The number of nitrogens with one attached hydrogen (secondary N) is 2. The number of hydrogen-bond donors (Lipinski definition) is 6. The first-order chi connectivity index (χ1) is 14.4. The zero-order valence-electron chi connectivity index (χ0n) is 16.5. The maximum absolute atomic E-state index is 11.8. The molecule has 0 fully saturated rings. The van der Waals surface area contributed by atoms with Gasteiger partial charge in [-0.3, -0.25) is 9.52 Å². The van der Waals surface area contributed by atoms with Gasteiger partial charge in [-0.1, -0.05) is 29.8 Å². The van der Waals surface area contributed by atoms with Gasteiger partial charge in [0.1, 0.15) is 5.75 Å². The fourth-order valence-electron chi connectivity index (χ4n) is 3.22. The molecular formula is C21H25N3O4S2. The summed E-state index contributed by atoms with van der Waals surface area (Å²) in [7, 11) is 0. The van der Waals surface area contributed by atoms with Crippen LogP contribution in [0.1, 0.15) is 16.7 Å². The molecule has 9 heteroatoms. The van der Waals surface area contributed by atoms with Gasteiger partial charge >= 0.3 is 0 Å². The second-order valence-electron chi connectivity index (χ2n) is 6.93. The Morgan fingerprint density at radius 2 is 1.97 bits per heavy atom. The molecule has 30 heavy (non-hydrogen) atoms. The van der Waals surface area contributed by atoms with Crippen molar-refractivity contribution in [2.75, 3.05) is 12.8 Å². The summed E-state index contributed by atoms with van der Waals surface area (Å²) in [6.45, 7) is 0.679. The second kappa shape index (κ2) is 10.1. The van der Waals surface area contributed by atoms with Gasteiger partial charge in [-0.05, 0) is 60.1 Å². The van der Waals surface area contributed by atoms with Crippen LogP contribution in [0.2, 0.25) is 0 Å². The van der Waals surface area contributed by atoms with E-state index in [1.807, 2.05) is 6.20 Å². The van der Waals surface area contributed by atoms with Crippen LogP contribution in [-0.4, -0.2) is 44.3 Å². The van der Waals surface area contributed by atoms with Crippen LogP contribution in [0.3, 0.4) is 0 Å². The Bertz CT molecular complexity index is 1040. The van der Waals surface area contributed by atoms with Crippen LogP contribution in [0.25, 0.3) is 10.9 Å². The molecule has 0 spiro atoms. The molecule has 1 aromatic heterocycles. The molecule has 7 N–H and O–H groups in total. The first-order valence-corrected chi connectivity index (χ1v) is 11.6. The number of carbonyl (C=O) groups excluding carboxylic acids is 1. The minimum atomic E-state index is -0.583. The lowest BCUT2D eigenvalue weighted by Gasteiger charge is -2.09. The fraction of sp³-hybridized carbons (Fsp3) is 0.286. The quantitative estimate of drug-likeness (QED) is 0.168. The van der Waals surface area contributed by atoms with Crippen LogP contribution >= 0.6 is 23.7 Å². The van der Waals surface area contributed by atoms with Gasteiger partial charge in [0, 0.05) is 23.9 Å². The van der Waals surface area contributed by atoms with Gasteiger partial charge in [-0.25, -0.2) is 0 Å². The third-order valence-corrected chi connectivity index (χ3v) is 6.34. The van der Waals surface area contributed by atoms with Crippen molar-refractivity contribution in [2.45, 2.75) is 24.6 Å². The zero-order valence-corrected chi connectivity index (χ0v) is 18.1. The molecule has 0 saturated carbocycles. The van der Waals surface area contributed by atoms with E-state index in [0.29, 0.717) is 25.1 Å². The highest BCUT2D eigenvalue weighted by Crippen LogP contribution is 2.30. The van der Waals surface area contributed by atoms with E-state index in [4.69, 9.17) is 5.73 Å². The number of aromatic hydroxyl groups is 3. The molecule has 0 aliphatic rings. The van der Waals surface area contributed by atoms with Gasteiger partial charge in [-0.2, -0.15) is 0 Å². The van der Waals surface area contributed by atoms with Crippen molar-refractivity contribution in [1.82, 2.24) is 9.71 Å². The van der Waals surface area contributed by atoms with E-state index in [1.54, 1.807) is 30.5 Å². The van der Waals surface area contributed by atoms with Gasteiger partial charge in [0.25, 0.3) is 0 Å². The number of phenols is 3. The van der Waals surface area contributed by atoms with Gasteiger partial charge in [0.05, 0.1) is 11.6 Å². The third-order valence-electron chi connectivity index (χ3n) is 4.77. The normalized spacial score (nSPS) is 12.3. The van der Waals surface area contributed by atoms with Crippen LogP contribution < -0.4 is 10.5 Å². The summed E-state index contributed by atoms with van der Waals surface area (Å²) in [4.78, 5) is 15.0. The Hall–Kier alpha value is -2.33. The predicted octanol–water partition coefficient (Wildman–Crippen LogP) is 3.02. The largest absolute Gasteiger partial charge is 0.508 e. The van der Waals surface area contributed by atoms with E-state index >= 15 is 0 Å². The SMILES string of the molecule is CSC(=O)C(N)Cc1c[nH]c2c(CSNCCc3ccc(O)c(O)c3)cc(O)cc12. The number of rotatable bonds is 9. The zero-order chi connectivity index (χ0) is 21.7. The molecule has 160 valence electrons. The highest BCUT2D eigenvalue weighted by molar-refractivity contribution is 8.13. The summed E-state index contributed by atoms with van der Waals surface area (Å²) in [6, 6.07) is 7.63. The third kappa shape index (κ3) is 5.42. The molecule has 3 aromatic rings. The summed E-state index contributed by atoms with van der Waals surface area (Å²) in [5.41, 5.74) is 9.67. The van der Waals surface area contributed by atoms with Gasteiger partial charge < -0.3 is 26.0 Å². The molecule has 0 amide bonds. The Kier molecular flexibility index (Phi) is 7.54. The van der Waals surface area contributed by atoms with E-state index in [-0.39, 0.29) is 22.4 Å². The van der Waals surface area contributed by atoms with Crippen LogP contribution in [0.15, 0.2) is 36.5 Å². The first-order valence-electron chi connectivity index (χ1n) is 9.39.